The minimum absolute atomic E-state index is 0.0276. The van der Waals surface area contributed by atoms with Gasteiger partial charge < -0.3 is 20.4 Å². The first-order valence-electron chi connectivity index (χ1n) is 14.0. The Balaban J connectivity index is 1.60. The van der Waals surface area contributed by atoms with Crippen molar-refractivity contribution in [1.82, 2.24) is 0 Å². The summed E-state index contributed by atoms with van der Waals surface area (Å²) in [5.41, 5.74) is 0.945. The number of rotatable bonds is 2. The first-order chi connectivity index (χ1) is 15.7. The van der Waals surface area contributed by atoms with Gasteiger partial charge in [0.2, 0.25) is 0 Å². The summed E-state index contributed by atoms with van der Waals surface area (Å²) in [5.74, 6) is 1.17. The van der Waals surface area contributed by atoms with E-state index in [1.54, 1.807) is 0 Å². The molecule has 0 aromatic carbocycles. The Morgan fingerprint density at radius 2 is 1.50 bits per heavy atom. The molecule has 0 aromatic rings. The van der Waals surface area contributed by atoms with Crippen LogP contribution in [0.15, 0.2) is 11.6 Å². The fourth-order valence-corrected chi connectivity index (χ4v) is 10.8. The fourth-order valence-electron chi connectivity index (χ4n) is 10.8. The molecule has 194 valence electrons. The van der Waals surface area contributed by atoms with Gasteiger partial charge in [-0.2, -0.15) is 0 Å². The zero-order valence-corrected chi connectivity index (χ0v) is 22.5. The molecule has 0 aromatic heterocycles. The molecule has 10 atom stereocenters. The minimum atomic E-state index is -0.515. The molecule has 4 N–H and O–H groups in total. The largest absolute Gasteiger partial charge is 0.396 e. The SMILES string of the molecule is CC1(C)[C@@H](O)CC[C@]2(C)[C@H]3CC=C4[C@@H]5C[C@](C)(CO)CC[C@]5(CO)[C@H](O)C[C@@]4(C)[C@]3(C)CC[C@@H]12. The highest BCUT2D eigenvalue weighted by atomic mass is 16.3. The van der Waals surface area contributed by atoms with Crippen LogP contribution < -0.4 is 0 Å². The summed E-state index contributed by atoms with van der Waals surface area (Å²) in [5, 5.41) is 43.5. The molecule has 0 bridgehead atoms. The Bertz CT molecular complexity index is 866. The molecular weight excluding hydrogens is 424 g/mol. The predicted octanol–water partition coefficient (Wildman–Crippen LogP) is 5.08. The predicted molar refractivity (Wildman–Crippen MR) is 135 cm³/mol. The van der Waals surface area contributed by atoms with Crippen LogP contribution in [0.2, 0.25) is 0 Å². The maximum atomic E-state index is 11.7. The van der Waals surface area contributed by atoms with Gasteiger partial charge in [0.1, 0.15) is 0 Å². The lowest BCUT2D eigenvalue weighted by Gasteiger charge is -2.72. The fraction of sp³-hybridized carbons (Fsp3) is 0.933. The monoisotopic (exact) mass is 474 g/mol. The van der Waals surface area contributed by atoms with Crippen molar-refractivity contribution >= 4 is 0 Å². The first kappa shape index (κ1) is 25.2. The van der Waals surface area contributed by atoms with E-state index >= 15 is 0 Å². The summed E-state index contributed by atoms with van der Waals surface area (Å²) in [4.78, 5) is 0. The Hall–Kier alpha value is -0.420. The van der Waals surface area contributed by atoms with E-state index in [0.717, 1.165) is 57.8 Å². The second-order valence-corrected chi connectivity index (χ2v) is 15.0. The number of fused-ring (bicyclic) bond motifs is 7. The molecule has 4 heteroatoms. The lowest BCUT2D eigenvalue weighted by atomic mass is 9.33. The van der Waals surface area contributed by atoms with Crippen LogP contribution >= 0.6 is 0 Å². The van der Waals surface area contributed by atoms with E-state index in [1.807, 2.05) is 0 Å². The molecule has 34 heavy (non-hydrogen) atoms. The summed E-state index contributed by atoms with van der Waals surface area (Å²) in [6.45, 7) is 14.4. The van der Waals surface area contributed by atoms with Gasteiger partial charge >= 0.3 is 0 Å². The Morgan fingerprint density at radius 1 is 0.794 bits per heavy atom. The molecule has 0 unspecified atom stereocenters. The lowest BCUT2D eigenvalue weighted by molar-refractivity contribution is -0.219. The molecule has 0 radical (unpaired) electrons. The molecule has 0 aliphatic heterocycles. The average molecular weight is 475 g/mol. The normalized spacial score (nSPS) is 56.4. The molecule has 0 spiro atoms. The second-order valence-electron chi connectivity index (χ2n) is 15.0. The third-order valence-corrected chi connectivity index (χ3v) is 13.4. The molecule has 0 saturated heterocycles. The van der Waals surface area contributed by atoms with Crippen molar-refractivity contribution in [1.29, 1.82) is 0 Å². The van der Waals surface area contributed by atoms with Crippen LogP contribution in [0, 0.1) is 50.2 Å². The van der Waals surface area contributed by atoms with Crippen LogP contribution in [-0.2, 0) is 0 Å². The number of aliphatic hydroxyl groups is 4. The Kier molecular flexibility index (Phi) is 5.61. The van der Waals surface area contributed by atoms with E-state index in [2.05, 4.69) is 47.6 Å². The smallest absolute Gasteiger partial charge is 0.0632 e. The van der Waals surface area contributed by atoms with Crippen LogP contribution in [0.4, 0.5) is 0 Å². The summed E-state index contributed by atoms with van der Waals surface area (Å²) in [6, 6.07) is 0. The summed E-state index contributed by atoms with van der Waals surface area (Å²) < 4.78 is 0. The lowest BCUT2D eigenvalue weighted by Crippen LogP contribution is -2.67. The maximum Gasteiger partial charge on any atom is 0.0632 e. The summed E-state index contributed by atoms with van der Waals surface area (Å²) >= 11 is 0. The highest BCUT2D eigenvalue weighted by Crippen LogP contribution is 2.75. The summed E-state index contributed by atoms with van der Waals surface area (Å²) in [7, 11) is 0. The molecule has 5 aliphatic rings. The van der Waals surface area contributed by atoms with Crippen LogP contribution in [0.3, 0.4) is 0 Å². The van der Waals surface area contributed by atoms with Crippen LogP contribution in [0.1, 0.15) is 99.3 Å². The van der Waals surface area contributed by atoms with Crippen LogP contribution in [-0.4, -0.2) is 45.8 Å². The highest BCUT2D eigenvalue weighted by Gasteiger charge is 2.69. The van der Waals surface area contributed by atoms with Crippen molar-refractivity contribution in [3.8, 4) is 0 Å². The van der Waals surface area contributed by atoms with Crippen molar-refractivity contribution < 1.29 is 20.4 Å². The van der Waals surface area contributed by atoms with Crippen LogP contribution in [0.5, 0.6) is 0 Å². The van der Waals surface area contributed by atoms with Gasteiger partial charge in [0, 0.05) is 12.0 Å². The molecular formula is C30H50O4. The Morgan fingerprint density at radius 3 is 2.15 bits per heavy atom. The molecule has 0 amide bonds. The van der Waals surface area contributed by atoms with Crippen molar-refractivity contribution in [2.45, 2.75) is 112 Å². The number of hydrogen-bond acceptors (Lipinski definition) is 4. The third-order valence-electron chi connectivity index (χ3n) is 13.4. The number of aliphatic hydroxyl groups excluding tert-OH is 4. The van der Waals surface area contributed by atoms with Gasteiger partial charge in [0.15, 0.2) is 0 Å². The molecule has 4 fully saturated rings. The molecule has 5 aliphatic carbocycles. The topological polar surface area (TPSA) is 80.9 Å². The van der Waals surface area contributed by atoms with Crippen molar-refractivity contribution in [2.75, 3.05) is 13.2 Å². The molecule has 4 nitrogen and oxygen atoms in total. The van der Waals surface area contributed by atoms with Gasteiger partial charge in [-0.1, -0.05) is 53.2 Å². The van der Waals surface area contributed by atoms with Crippen molar-refractivity contribution in [3.63, 3.8) is 0 Å². The van der Waals surface area contributed by atoms with E-state index < -0.39 is 11.5 Å². The van der Waals surface area contributed by atoms with E-state index in [0.29, 0.717) is 11.8 Å². The molecule has 0 heterocycles. The molecule has 5 rings (SSSR count). The van der Waals surface area contributed by atoms with Gasteiger partial charge in [-0.05, 0) is 103 Å². The van der Waals surface area contributed by atoms with Gasteiger partial charge in [0.05, 0.1) is 18.8 Å². The highest BCUT2D eigenvalue weighted by molar-refractivity contribution is 5.35. The van der Waals surface area contributed by atoms with Gasteiger partial charge in [-0.3, -0.25) is 0 Å². The van der Waals surface area contributed by atoms with Crippen molar-refractivity contribution in [2.24, 2.45) is 50.2 Å². The van der Waals surface area contributed by atoms with E-state index in [9.17, 15) is 20.4 Å². The summed E-state index contributed by atoms with van der Waals surface area (Å²) in [6.07, 6.45) is 10.3. The van der Waals surface area contributed by atoms with E-state index in [-0.39, 0.29) is 52.3 Å². The third kappa shape index (κ3) is 2.92. The average Bonchev–Trinajstić information content (AvgIpc) is 2.77. The van der Waals surface area contributed by atoms with E-state index in [4.69, 9.17) is 0 Å². The molecule has 4 saturated carbocycles. The van der Waals surface area contributed by atoms with Crippen molar-refractivity contribution in [3.05, 3.63) is 11.6 Å². The zero-order valence-electron chi connectivity index (χ0n) is 22.5. The van der Waals surface area contributed by atoms with Gasteiger partial charge in [0.25, 0.3) is 0 Å². The first-order valence-corrected chi connectivity index (χ1v) is 14.0. The maximum absolute atomic E-state index is 11.7. The number of hydrogen-bond donors (Lipinski definition) is 4. The minimum Gasteiger partial charge on any atom is -0.396 e. The van der Waals surface area contributed by atoms with Gasteiger partial charge in [-0.15, -0.1) is 0 Å². The van der Waals surface area contributed by atoms with Crippen LogP contribution in [0.25, 0.3) is 0 Å². The second kappa shape index (κ2) is 7.55. The quantitative estimate of drug-likeness (QED) is 0.421. The zero-order chi connectivity index (χ0) is 24.9. The Labute approximate surface area is 207 Å². The van der Waals surface area contributed by atoms with Gasteiger partial charge in [-0.25, -0.2) is 0 Å². The van der Waals surface area contributed by atoms with E-state index in [1.165, 1.54) is 5.57 Å². The standard InChI is InChI=1S/C30H50O4/c1-25(2)21-9-12-28(5)22(27(21,4)11-10-23(25)33)8-7-19-20-15-26(3,17-31)13-14-30(20,18-32)24(34)16-29(19,28)6/h7,20-24,31-34H,8-18H2,1-6H3/t20-,21-,22+,23-,24+,26+,27-,28+,29+,30+/m0/s1. The number of allylic oxidation sites excluding steroid dienone is 2.